The molecule has 114 valence electrons. The average molecular weight is 305 g/mol. The predicted molar refractivity (Wildman–Crippen MR) is 88.5 cm³/mol. The van der Waals surface area contributed by atoms with Gasteiger partial charge in [0, 0.05) is 38.6 Å². The van der Waals surface area contributed by atoms with Gasteiger partial charge in [-0.1, -0.05) is 19.9 Å². The number of nitrogens with zero attached hydrogens (tertiary/aromatic N) is 2. The molecule has 3 rings (SSSR count). The van der Waals surface area contributed by atoms with Gasteiger partial charge < -0.3 is 10.1 Å². The van der Waals surface area contributed by atoms with E-state index in [1.165, 1.54) is 9.71 Å². The van der Waals surface area contributed by atoms with E-state index in [1.807, 2.05) is 6.07 Å². The van der Waals surface area contributed by atoms with E-state index in [2.05, 4.69) is 36.2 Å². The number of aromatic nitrogens is 1. The van der Waals surface area contributed by atoms with Crippen molar-refractivity contribution >= 4 is 21.6 Å². The van der Waals surface area contributed by atoms with Crippen LogP contribution in [0.2, 0.25) is 0 Å². The van der Waals surface area contributed by atoms with Crippen LogP contribution in [0.25, 0.3) is 10.2 Å². The largest absolute Gasteiger partial charge is 0.490 e. The number of piperazine rings is 1. The molecule has 1 aliphatic heterocycles. The number of hydrogen-bond donors (Lipinski definition) is 1. The molecule has 0 amide bonds. The molecule has 0 spiro atoms. The lowest BCUT2D eigenvalue weighted by atomic mass is 10.2. The third-order valence-corrected chi connectivity index (χ3v) is 5.09. The van der Waals surface area contributed by atoms with Crippen LogP contribution in [0.1, 0.15) is 24.8 Å². The minimum Gasteiger partial charge on any atom is -0.490 e. The van der Waals surface area contributed by atoms with Crippen LogP contribution in [0, 0.1) is 0 Å². The van der Waals surface area contributed by atoms with Crippen molar-refractivity contribution in [2.24, 2.45) is 0 Å². The van der Waals surface area contributed by atoms with Crippen molar-refractivity contribution in [2.75, 3.05) is 39.3 Å². The highest BCUT2D eigenvalue weighted by molar-refractivity contribution is 7.18. The molecule has 1 fully saturated rings. The van der Waals surface area contributed by atoms with E-state index >= 15 is 0 Å². The first kappa shape index (κ1) is 14.8. The van der Waals surface area contributed by atoms with Crippen LogP contribution in [0.4, 0.5) is 0 Å². The van der Waals surface area contributed by atoms with Crippen molar-refractivity contribution in [3.8, 4) is 5.75 Å². The van der Waals surface area contributed by atoms with E-state index < -0.39 is 0 Å². The highest BCUT2D eigenvalue weighted by Gasteiger charge is 2.12. The number of thiazole rings is 1. The third kappa shape index (κ3) is 3.54. The maximum Gasteiger partial charge on any atom is 0.146 e. The summed E-state index contributed by atoms with van der Waals surface area (Å²) in [6.45, 7) is 10.5. The number of para-hydroxylation sites is 1. The molecule has 0 bridgehead atoms. The van der Waals surface area contributed by atoms with Gasteiger partial charge in [-0.05, 0) is 12.1 Å². The van der Waals surface area contributed by atoms with Gasteiger partial charge in [0.2, 0.25) is 0 Å². The molecule has 4 nitrogen and oxygen atoms in total. The first-order chi connectivity index (χ1) is 10.2. The standard InChI is InChI=1S/C16H23N3OS/c1-12(2)16-18-15-13(4-3-5-14(15)21-16)20-11-10-19-8-6-17-7-9-19/h3-5,12,17H,6-11H2,1-2H3. The summed E-state index contributed by atoms with van der Waals surface area (Å²) < 4.78 is 7.22. The zero-order chi connectivity index (χ0) is 14.7. The van der Waals surface area contributed by atoms with Gasteiger partial charge in [0.15, 0.2) is 0 Å². The van der Waals surface area contributed by atoms with Crippen LogP contribution in [0.15, 0.2) is 18.2 Å². The fraction of sp³-hybridized carbons (Fsp3) is 0.562. The number of benzene rings is 1. The van der Waals surface area contributed by atoms with E-state index in [1.54, 1.807) is 11.3 Å². The number of ether oxygens (including phenoxy) is 1. The Morgan fingerprint density at radius 1 is 1.33 bits per heavy atom. The Morgan fingerprint density at radius 3 is 2.90 bits per heavy atom. The molecule has 2 heterocycles. The molecular weight excluding hydrogens is 282 g/mol. The van der Waals surface area contributed by atoms with E-state index in [0.717, 1.165) is 50.6 Å². The van der Waals surface area contributed by atoms with Crippen molar-refractivity contribution in [1.29, 1.82) is 0 Å². The summed E-state index contributed by atoms with van der Waals surface area (Å²) in [6.07, 6.45) is 0. The van der Waals surface area contributed by atoms with Crippen LogP contribution in [-0.4, -0.2) is 49.2 Å². The van der Waals surface area contributed by atoms with Gasteiger partial charge >= 0.3 is 0 Å². The number of nitrogens with one attached hydrogen (secondary N) is 1. The molecule has 0 atom stereocenters. The zero-order valence-corrected chi connectivity index (χ0v) is 13.6. The van der Waals surface area contributed by atoms with Crippen molar-refractivity contribution in [3.63, 3.8) is 0 Å². The Kier molecular flexibility index (Phi) is 4.73. The van der Waals surface area contributed by atoms with E-state index in [4.69, 9.17) is 9.72 Å². The molecule has 2 aromatic rings. The summed E-state index contributed by atoms with van der Waals surface area (Å²) in [4.78, 5) is 7.19. The fourth-order valence-electron chi connectivity index (χ4n) is 2.52. The molecule has 0 radical (unpaired) electrons. The molecule has 1 N–H and O–H groups in total. The number of fused-ring (bicyclic) bond motifs is 1. The van der Waals surface area contributed by atoms with Gasteiger partial charge in [0.1, 0.15) is 17.9 Å². The van der Waals surface area contributed by atoms with E-state index in [9.17, 15) is 0 Å². The van der Waals surface area contributed by atoms with Crippen LogP contribution >= 0.6 is 11.3 Å². The number of hydrogen-bond acceptors (Lipinski definition) is 5. The van der Waals surface area contributed by atoms with Crippen LogP contribution < -0.4 is 10.1 Å². The Bertz CT molecular complexity index is 590. The molecule has 0 unspecified atom stereocenters. The summed E-state index contributed by atoms with van der Waals surface area (Å²) in [5.41, 5.74) is 1.02. The van der Waals surface area contributed by atoms with Crippen molar-refractivity contribution in [1.82, 2.24) is 15.2 Å². The summed E-state index contributed by atoms with van der Waals surface area (Å²) in [6, 6.07) is 6.22. The lowest BCUT2D eigenvalue weighted by Crippen LogP contribution is -2.44. The Balaban J connectivity index is 1.65. The number of rotatable bonds is 5. The molecule has 5 heteroatoms. The van der Waals surface area contributed by atoms with Gasteiger partial charge in [0.05, 0.1) is 9.71 Å². The van der Waals surface area contributed by atoms with Crippen LogP contribution in [0.3, 0.4) is 0 Å². The maximum atomic E-state index is 6.00. The first-order valence-corrected chi connectivity index (χ1v) is 8.51. The second-order valence-electron chi connectivity index (χ2n) is 5.75. The monoisotopic (exact) mass is 305 g/mol. The normalized spacial score (nSPS) is 16.7. The fourth-order valence-corrected chi connectivity index (χ4v) is 3.51. The molecule has 21 heavy (non-hydrogen) atoms. The minimum atomic E-state index is 0.469. The van der Waals surface area contributed by atoms with Crippen molar-refractivity contribution in [2.45, 2.75) is 19.8 Å². The van der Waals surface area contributed by atoms with Gasteiger partial charge in [-0.2, -0.15) is 0 Å². The highest BCUT2D eigenvalue weighted by atomic mass is 32.1. The molecule has 1 aromatic carbocycles. The SMILES string of the molecule is CC(C)c1nc2c(OCCN3CCNCC3)cccc2s1. The van der Waals surface area contributed by atoms with Gasteiger partial charge in [-0.25, -0.2) is 4.98 Å². The smallest absolute Gasteiger partial charge is 0.146 e. The highest BCUT2D eigenvalue weighted by Crippen LogP contribution is 2.32. The van der Waals surface area contributed by atoms with Gasteiger partial charge in [0.25, 0.3) is 0 Å². The quantitative estimate of drug-likeness (QED) is 0.921. The van der Waals surface area contributed by atoms with E-state index in [0.29, 0.717) is 5.92 Å². The van der Waals surface area contributed by atoms with Crippen molar-refractivity contribution in [3.05, 3.63) is 23.2 Å². The molecule has 1 aromatic heterocycles. The summed E-state index contributed by atoms with van der Waals surface area (Å²) in [5.74, 6) is 1.39. The Labute approximate surface area is 130 Å². The predicted octanol–water partition coefficient (Wildman–Crippen LogP) is 2.70. The lowest BCUT2D eigenvalue weighted by molar-refractivity contribution is 0.192. The van der Waals surface area contributed by atoms with Crippen LogP contribution in [-0.2, 0) is 0 Å². The topological polar surface area (TPSA) is 37.4 Å². The van der Waals surface area contributed by atoms with Crippen molar-refractivity contribution < 1.29 is 4.74 Å². The van der Waals surface area contributed by atoms with Gasteiger partial charge in [-0.15, -0.1) is 11.3 Å². The summed E-state index contributed by atoms with van der Waals surface area (Å²) in [5, 5.41) is 4.55. The first-order valence-electron chi connectivity index (χ1n) is 7.69. The summed E-state index contributed by atoms with van der Waals surface area (Å²) >= 11 is 1.77. The molecule has 1 aliphatic rings. The Hall–Kier alpha value is -1.17. The lowest BCUT2D eigenvalue weighted by Gasteiger charge is -2.26. The minimum absolute atomic E-state index is 0.469. The van der Waals surface area contributed by atoms with Gasteiger partial charge in [-0.3, -0.25) is 4.90 Å². The molecule has 1 saturated heterocycles. The summed E-state index contributed by atoms with van der Waals surface area (Å²) in [7, 11) is 0. The van der Waals surface area contributed by atoms with Crippen LogP contribution in [0.5, 0.6) is 5.75 Å². The molecule has 0 saturated carbocycles. The second kappa shape index (κ2) is 6.73. The maximum absolute atomic E-state index is 6.00. The average Bonchev–Trinajstić information content (AvgIpc) is 2.94. The zero-order valence-electron chi connectivity index (χ0n) is 12.8. The van der Waals surface area contributed by atoms with E-state index in [-0.39, 0.29) is 0 Å². The molecule has 0 aliphatic carbocycles. The molecular formula is C16H23N3OS. The Morgan fingerprint density at radius 2 is 2.14 bits per heavy atom. The second-order valence-corrected chi connectivity index (χ2v) is 6.81. The third-order valence-electron chi connectivity index (χ3n) is 3.77.